The molecule has 0 aromatic rings. The molecule has 0 rings (SSSR count). The number of hydrogen-bond donors (Lipinski definition) is 2. The van der Waals surface area contributed by atoms with Crippen LogP contribution in [0.5, 0.6) is 0 Å². The van der Waals surface area contributed by atoms with Crippen LogP contribution in [0.2, 0.25) is 0 Å². The van der Waals surface area contributed by atoms with E-state index in [1.807, 2.05) is 0 Å². The fourth-order valence-electron chi connectivity index (χ4n) is 1.23. The van der Waals surface area contributed by atoms with E-state index in [9.17, 15) is 8.42 Å². The fraction of sp³-hybridized carbons (Fsp3) is 1.00. The zero-order valence-electron chi connectivity index (χ0n) is 11.0. The Morgan fingerprint density at radius 2 is 1.94 bits per heavy atom. The molecule has 0 fully saturated rings. The van der Waals surface area contributed by atoms with Gasteiger partial charge in [-0.2, -0.15) is 17.4 Å². The first-order valence-electron chi connectivity index (χ1n) is 5.95. The molecule has 0 aliphatic rings. The molecule has 2 N–H and O–H groups in total. The van der Waals surface area contributed by atoms with E-state index in [0.29, 0.717) is 19.7 Å². The van der Waals surface area contributed by atoms with Crippen molar-refractivity contribution in [1.82, 2.24) is 14.3 Å². The Kier molecular flexibility index (Phi) is 9.66. The van der Waals surface area contributed by atoms with Crippen LogP contribution in [0.3, 0.4) is 0 Å². The van der Waals surface area contributed by atoms with Crippen molar-refractivity contribution in [3.8, 4) is 0 Å². The first-order chi connectivity index (χ1) is 8.04. The van der Waals surface area contributed by atoms with Gasteiger partial charge in [0.1, 0.15) is 0 Å². The number of ether oxygens (including phenoxy) is 1. The zero-order valence-corrected chi connectivity index (χ0v) is 11.8. The van der Waals surface area contributed by atoms with E-state index >= 15 is 0 Å². The van der Waals surface area contributed by atoms with Crippen LogP contribution in [0, 0.1) is 0 Å². The molecule has 0 spiro atoms. The Labute approximate surface area is 105 Å². The average molecular weight is 267 g/mol. The fourth-order valence-corrected chi connectivity index (χ4v) is 2.16. The summed E-state index contributed by atoms with van der Waals surface area (Å²) in [5, 5.41) is 3.23. The minimum atomic E-state index is -3.35. The lowest BCUT2D eigenvalue weighted by atomic mass is 10.4. The molecule has 0 unspecified atom stereocenters. The van der Waals surface area contributed by atoms with Gasteiger partial charge in [0.15, 0.2) is 0 Å². The van der Waals surface area contributed by atoms with Gasteiger partial charge in [-0.15, -0.1) is 0 Å². The molecule has 104 valence electrons. The molecule has 0 radical (unpaired) electrons. The summed E-state index contributed by atoms with van der Waals surface area (Å²) in [5.74, 6) is 0. The van der Waals surface area contributed by atoms with Crippen LogP contribution >= 0.6 is 0 Å². The molecule has 17 heavy (non-hydrogen) atoms. The van der Waals surface area contributed by atoms with E-state index in [1.165, 1.54) is 11.4 Å². The molecule has 0 aliphatic carbocycles. The molecule has 0 saturated heterocycles. The van der Waals surface area contributed by atoms with E-state index in [4.69, 9.17) is 4.74 Å². The molecule has 0 aromatic carbocycles. The number of methoxy groups -OCH3 is 1. The highest BCUT2D eigenvalue weighted by Crippen LogP contribution is 1.94. The maximum Gasteiger partial charge on any atom is 0.279 e. The van der Waals surface area contributed by atoms with Gasteiger partial charge in [0.25, 0.3) is 10.2 Å². The maximum absolute atomic E-state index is 11.7. The van der Waals surface area contributed by atoms with Crippen molar-refractivity contribution in [2.75, 3.05) is 46.9 Å². The largest absolute Gasteiger partial charge is 0.383 e. The number of hydrogen-bond acceptors (Lipinski definition) is 4. The second-order valence-electron chi connectivity index (χ2n) is 3.82. The summed E-state index contributed by atoms with van der Waals surface area (Å²) in [7, 11) is -0.232. The molecule has 0 saturated carbocycles. The van der Waals surface area contributed by atoms with E-state index in [2.05, 4.69) is 17.0 Å². The Morgan fingerprint density at radius 1 is 1.24 bits per heavy atom. The third-order valence-electron chi connectivity index (χ3n) is 2.25. The van der Waals surface area contributed by atoms with Gasteiger partial charge in [0, 0.05) is 27.2 Å². The average Bonchev–Trinajstić information content (AvgIpc) is 2.28. The third kappa shape index (κ3) is 8.50. The number of rotatable bonds is 11. The standard InChI is InChI=1S/C10H25N3O3S/c1-4-6-11-7-5-9-13(2)17(14,15)12-8-10-16-3/h11-12H,4-10H2,1-3H3. The second kappa shape index (κ2) is 9.78. The molecule has 0 heterocycles. The van der Waals surface area contributed by atoms with E-state index in [0.717, 1.165) is 25.9 Å². The van der Waals surface area contributed by atoms with Crippen LogP contribution in [0.1, 0.15) is 19.8 Å². The van der Waals surface area contributed by atoms with Gasteiger partial charge in [0.2, 0.25) is 0 Å². The second-order valence-corrected chi connectivity index (χ2v) is 5.68. The highest BCUT2D eigenvalue weighted by molar-refractivity contribution is 7.87. The molecule has 6 nitrogen and oxygen atoms in total. The van der Waals surface area contributed by atoms with Crippen LogP contribution in [-0.2, 0) is 14.9 Å². The van der Waals surface area contributed by atoms with Crippen LogP contribution in [-0.4, -0.2) is 59.7 Å². The lowest BCUT2D eigenvalue weighted by molar-refractivity contribution is 0.204. The van der Waals surface area contributed by atoms with Crippen molar-refractivity contribution in [2.24, 2.45) is 0 Å². The summed E-state index contributed by atoms with van der Waals surface area (Å²) in [6.45, 7) is 5.11. The minimum Gasteiger partial charge on any atom is -0.383 e. The predicted octanol–water partition coefficient (Wildman–Crippen LogP) is -0.211. The third-order valence-corrected chi connectivity index (χ3v) is 3.83. The van der Waals surface area contributed by atoms with Gasteiger partial charge >= 0.3 is 0 Å². The van der Waals surface area contributed by atoms with Crippen LogP contribution in [0.25, 0.3) is 0 Å². The van der Waals surface area contributed by atoms with E-state index in [1.54, 1.807) is 7.05 Å². The number of nitrogens with zero attached hydrogens (tertiary/aromatic N) is 1. The molecule has 0 amide bonds. The quantitative estimate of drug-likeness (QED) is 0.508. The van der Waals surface area contributed by atoms with Crippen molar-refractivity contribution in [3.05, 3.63) is 0 Å². The highest BCUT2D eigenvalue weighted by atomic mass is 32.2. The Hall–Kier alpha value is -0.210. The first kappa shape index (κ1) is 16.8. The molecule has 0 aromatic heterocycles. The van der Waals surface area contributed by atoms with Gasteiger partial charge in [-0.25, -0.2) is 0 Å². The summed E-state index contributed by atoms with van der Waals surface area (Å²) in [6, 6.07) is 0. The topological polar surface area (TPSA) is 70.7 Å². The summed E-state index contributed by atoms with van der Waals surface area (Å²) in [4.78, 5) is 0. The van der Waals surface area contributed by atoms with Crippen molar-refractivity contribution < 1.29 is 13.2 Å². The normalized spacial score (nSPS) is 12.2. The van der Waals surface area contributed by atoms with Gasteiger partial charge in [0.05, 0.1) is 6.61 Å². The molecule has 0 bridgehead atoms. The molecular formula is C10H25N3O3S. The van der Waals surface area contributed by atoms with Crippen LogP contribution < -0.4 is 10.0 Å². The van der Waals surface area contributed by atoms with E-state index in [-0.39, 0.29) is 0 Å². The SMILES string of the molecule is CCCNCCCN(C)S(=O)(=O)NCCOC. The summed E-state index contributed by atoms with van der Waals surface area (Å²) in [6.07, 6.45) is 1.90. The number of nitrogens with one attached hydrogen (secondary N) is 2. The van der Waals surface area contributed by atoms with Crippen molar-refractivity contribution in [1.29, 1.82) is 0 Å². The maximum atomic E-state index is 11.7. The van der Waals surface area contributed by atoms with Crippen molar-refractivity contribution in [3.63, 3.8) is 0 Å². The lowest BCUT2D eigenvalue weighted by Crippen LogP contribution is -2.40. The molecule has 0 aliphatic heterocycles. The summed E-state index contributed by atoms with van der Waals surface area (Å²) >= 11 is 0. The highest BCUT2D eigenvalue weighted by Gasteiger charge is 2.15. The minimum absolute atomic E-state index is 0.303. The molecular weight excluding hydrogens is 242 g/mol. The van der Waals surface area contributed by atoms with Crippen LogP contribution in [0.15, 0.2) is 0 Å². The lowest BCUT2D eigenvalue weighted by Gasteiger charge is -2.17. The molecule has 7 heteroatoms. The Balaban J connectivity index is 3.75. The summed E-state index contributed by atoms with van der Waals surface area (Å²) < 4.78 is 31.9. The predicted molar refractivity (Wildman–Crippen MR) is 69.2 cm³/mol. The first-order valence-corrected chi connectivity index (χ1v) is 7.39. The van der Waals surface area contributed by atoms with Gasteiger partial charge in [-0.3, -0.25) is 0 Å². The van der Waals surface area contributed by atoms with E-state index < -0.39 is 10.2 Å². The smallest absolute Gasteiger partial charge is 0.279 e. The van der Waals surface area contributed by atoms with Crippen LogP contribution in [0.4, 0.5) is 0 Å². The Morgan fingerprint density at radius 3 is 2.53 bits per heavy atom. The molecule has 0 atom stereocenters. The summed E-state index contributed by atoms with van der Waals surface area (Å²) in [5.41, 5.74) is 0. The van der Waals surface area contributed by atoms with Crippen molar-refractivity contribution >= 4 is 10.2 Å². The van der Waals surface area contributed by atoms with Crippen molar-refractivity contribution in [2.45, 2.75) is 19.8 Å². The Bertz CT molecular complexity index is 270. The monoisotopic (exact) mass is 267 g/mol. The zero-order chi connectivity index (χ0) is 13.1. The van der Waals surface area contributed by atoms with Gasteiger partial charge in [-0.05, 0) is 25.9 Å². The van der Waals surface area contributed by atoms with Gasteiger partial charge < -0.3 is 10.1 Å². The van der Waals surface area contributed by atoms with Gasteiger partial charge in [-0.1, -0.05) is 6.92 Å².